The van der Waals surface area contributed by atoms with Crippen molar-refractivity contribution in [3.63, 3.8) is 0 Å². The molecule has 1 amide bonds. The van der Waals surface area contributed by atoms with Crippen molar-refractivity contribution in [1.82, 2.24) is 10.2 Å². The third-order valence-electron chi connectivity index (χ3n) is 4.77. The van der Waals surface area contributed by atoms with Crippen LogP contribution >= 0.6 is 11.3 Å². The summed E-state index contributed by atoms with van der Waals surface area (Å²) in [5.74, 6) is 0.336. The fraction of sp³-hybridized carbons (Fsp3) is 0.706. The van der Waals surface area contributed by atoms with Crippen LogP contribution in [-0.2, 0) is 4.79 Å². The average molecular weight is 306 g/mol. The molecule has 1 saturated carbocycles. The molecule has 3 nitrogen and oxygen atoms in total. The van der Waals surface area contributed by atoms with Crippen LogP contribution in [0.25, 0.3) is 0 Å². The monoisotopic (exact) mass is 306 g/mol. The Kier molecular flexibility index (Phi) is 3.87. The highest BCUT2D eigenvalue weighted by Gasteiger charge is 2.52. The Balaban J connectivity index is 1.84. The lowest BCUT2D eigenvalue weighted by Crippen LogP contribution is -2.44. The lowest BCUT2D eigenvalue weighted by Gasteiger charge is -2.27. The number of thiophene rings is 1. The molecule has 21 heavy (non-hydrogen) atoms. The standard InChI is InChI=1S/C17H26N2OS/c1-16(2,3)10-11-19-14(13-7-6-12-21-13)18-17(15(19)20)8-4-5-9-17/h6-7,12,14,18H,4-5,8-11H2,1-3H3. The van der Waals surface area contributed by atoms with Crippen molar-refractivity contribution in [2.45, 2.75) is 64.6 Å². The predicted octanol–water partition coefficient (Wildman–Crippen LogP) is 3.93. The topological polar surface area (TPSA) is 32.3 Å². The van der Waals surface area contributed by atoms with Gasteiger partial charge in [0, 0.05) is 11.4 Å². The second-order valence-corrected chi connectivity index (χ2v) is 8.64. The summed E-state index contributed by atoms with van der Waals surface area (Å²) in [6.45, 7) is 7.57. The van der Waals surface area contributed by atoms with Crippen molar-refractivity contribution in [1.29, 1.82) is 0 Å². The molecule has 2 fully saturated rings. The number of nitrogens with zero attached hydrogens (tertiary/aromatic N) is 1. The first-order valence-corrected chi connectivity index (χ1v) is 8.91. The molecule has 1 saturated heterocycles. The summed E-state index contributed by atoms with van der Waals surface area (Å²) in [5, 5.41) is 5.79. The zero-order valence-electron chi connectivity index (χ0n) is 13.3. The molecule has 0 bridgehead atoms. The molecule has 1 atom stereocenters. The first-order chi connectivity index (χ1) is 9.91. The molecule has 1 aromatic rings. The largest absolute Gasteiger partial charge is 0.320 e. The summed E-state index contributed by atoms with van der Waals surface area (Å²) in [4.78, 5) is 16.4. The van der Waals surface area contributed by atoms with E-state index in [2.05, 4.69) is 48.5 Å². The molecule has 1 N–H and O–H groups in total. The van der Waals surface area contributed by atoms with Crippen LogP contribution in [0.15, 0.2) is 17.5 Å². The third-order valence-corrected chi connectivity index (χ3v) is 5.69. The quantitative estimate of drug-likeness (QED) is 0.917. The summed E-state index contributed by atoms with van der Waals surface area (Å²) in [7, 11) is 0. The van der Waals surface area contributed by atoms with Gasteiger partial charge in [-0.25, -0.2) is 0 Å². The van der Waals surface area contributed by atoms with Crippen molar-refractivity contribution in [2.75, 3.05) is 6.54 Å². The Hall–Kier alpha value is -0.870. The minimum absolute atomic E-state index is 0.0814. The van der Waals surface area contributed by atoms with Gasteiger partial charge in [0.05, 0.1) is 5.54 Å². The van der Waals surface area contributed by atoms with Gasteiger partial charge in [-0.05, 0) is 36.1 Å². The number of hydrogen-bond acceptors (Lipinski definition) is 3. The van der Waals surface area contributed by atoms with E-state index >= 15 is 0 Å². The molecule has 1 unspecified atom stereocenters. The Bertz CT molecular complexity index is 497. The van der Waals surface area contributed by atoms with Gasteiger partial charge in [0.15, 0.2) is 0 Å². The van der Waals surface area contributed by atoms with Crippen molar-refractivity contribution in [2.24, 2.45) is 5.41 Å². The van der Waals surface area contributed by atoms with Gasteiger partial charge in [-0.1, -0.05) is 39.7 Å². The summed E-state index contributed by atoms with van der Waals surface area (Å²) in [5.41, 5.74) is -0.0156. The molecule has 0 aromatic carbocycles. The smallest absolute Gasteiger partial charge is 0.244 e. The summed E-state index contributed by atoms with van der Waals surface area (Å²) < 4.78 is 0. The van der Waals surface area contributed by atoms with E-state index in [-0.39, 0.29) is 17.1 Å². The van der Waals surface area contributed by atoms with E-state index in [1.165, 1.54) is 17.7 Å². The summed E-state index contributed by atoms with van der Waals surface area (Å²) in [6.07, 6.45) is 5.46. The lowest BCUT2D eigenvalue weighted by atomic mass is 9.91. The van der Waals surface area contributed by atoms with E-state index in [0.717, 1.165) is 25.8 Å². The maximum Gasteiger partial charge on any atom is 0.244 e. The third kappa shape index (κ3) is 2.88. The highest BCUT2D eigenvalue weighted by atomic mass is 32.1. The van der Waals surface area contributed by atoms with Gasteiger partial charge < -0.3 is 4.90 Å². The molecule has 1 aromatic heterocycles. The number of carbonyl (C=O) groups excluding carboxylic acids is 1. The maximum absolute atomic E-state index is 13.0. The Morgan fingerprint density at radius 2 is 2.10 bits per heavy atom. The van der Waals surface area contributed by atoms with Crippen molar-refractivity contribution in [3.8, 4) is 0 Å². The SMILES string of the molecule is CC(C)(C)CCN1C(=O)C2(CCCC2)NC1c1cccs1. The zero-order chi connectivity index (χ0) is 15.1. The van der Waals surface area contributed by atoms with Crippen molar-refractivity contribution in [3.05, 3.63) is 22.4 Å². The molecule has 1 aliphatic heterocycles. The van der Waals surface area contributed by atoms with Crippen LogP contribution in [0.1, 0.15) is 63.9 Å². The predicted molar refractivity (Wildman–Crippen MR) is 87.2 cm³/mol. The fourth-order valence-corrected chi connectivity index (χ4v) is 4.27. The van der Waals surface area contributed by atoms with Crippen LogP contribution in [0.4, 0.5) is 0 Å². The van der Waals surface area contributed by atoms with E-state index in [0.29, 0.717) is 5.91 Å². The van der Waals surface area contributed by atoms with Gasteiger partial charge in [0.25, 0.3) is 0 Å². The molecule has 2 heterocycles. The number of carbonyl (C=O) groups is 1. The zero-order valence-corrected chi connectivity index (χ0v) is 14.1. The number of amides is 1. The fourth-order valence-electron chi connectivity index (χ4n) is 3.49. The molecule has 4 heteroatoms. The van der Waals surface area contributed by atoms with Crippen LogP contribution in [0.2, 0.25) is 0 Å². The molecule has 1 aliphatic carbocycles. The van der Waals surface area contributed by atoms with E-state index in [4.69, 9.17) is 0 Å². The number of nitrogens with one attached hydrogen (secondary N) is 1. The maximum atomic E-state index is 13.0. The first-order valence-electron chi connectivity index (χ1n) is 8.04. The molecule has 2 aliphatic rings. The molecule has 116 valence electrons. The average Bonchev–Trinajstić information content (AvgIpc) is 3.12. The number of rotatable bonds is 3. The van der Waals surface area contributed by atoms with Gasteiger partial charge in [0.2, 0.25) is 5.91 Å². The van der Waals surface area contributed by atoms with Crippen molar-refractivity contribution >= 4 is 17.2 Å². The van der Waals surface area contributed by atoms with E-state index in [9.17, 15) is 4.79 Å². The van der Waals surface area contributed by atoms with Crippen LogP contribution in [-0.4, -0.2) is 22.9 Å². The second-order valence-electron chi connectivity index (χ2n) is 7.66. The van der Waals surface area contributed by atoms with Crippen molar-refractivity contribution < 1.29 is 4.79 Å². The molecule has 1 spiro atoms. The second kappa shape index (κ2) is 5.40. The van der Waals surface area contributed by atoms with Gasteiger partial charge in [0.1, 0.15) is 6.17 Å². The van der Waals surface area contributed by atoms with E-state index in [1.807, 2.05) is 0 Å². The molecule has 0 radical (unpaired) electrons. The van der Waals surface area contributed by atoms with Gasteiger partial charge in [-0.2, -0.15) is 0 Å². The highest BCUT2D eigenvalue weighted by Crippen LogP contribution is 2.42. The van der Waals surface area contributed by atoms with E-state index in [1.54, 1.807) is 11.3 Å². The summed E-state index contributed by atoms with van der Waals surface area (Å²) >= 11 is 1.75. The Morgan fingerprint density at radius 3 is 2.67 bits per heavy atom. The minimum Gasteiger partial charge on any atom is -0.320 e. The number of hydrogen-bond donors (Lipinski definition) is 1. The van der Waals surface area contributed by atoms with Crippen LogP contribution in [0.5, 0.6) is 0 Å². The van der Waals surface area contributed by atoms with E-state index < -0.39 is 0 Å². The van der Waals surface area contributed by atoms with Gasteiger partial charge in [-0.15, -0.1) is 11.3 Å². The van der Waals surface area contributed by atoms with Crippen LogP contribution < -0.4 is 5.32 Å². The lowest BCUT2D eigenvalue weighted by molar-refractivity contribution is -0.133. The van der Waals surface area contributed by atoms with Gasteiger partial charge >= 0.3 is 0 Å². The minimum atomic E-state index is -0.271. The molecular formula is C17H26N2OS. The molecule has 3 rings (SSSR count). The van der Waals surface area contributed by atoms with Gasteiger partial charge in [-0.3, -0.25) is 10.1 Å². The highest BCUT2D eigenvalue weighted by molar-refractivity contribution is 7.10. The first kappa shape index (κ1) is 15.0. The van der Waals surface area contributed by atoms with Crippen LogP contribution in [0.3, 0.4) is 0 Å². The van der Waals surface area contributed by atoms with Crippen LogP contribution in [0, 0.1) is 5.41 Å². The normalized spacial score (nSPS) is 25.2. The Labute approximate surface area is 131 Å². The summed E-state index contributed by atoms with van der Waals surface area (Å²) in [6, 6.07) is 4.22. The molecular weight excluding hydrogens is 280 g/mol. The Morgan fingerprint density at radius 1 is 1.38 bits per heavy atom.